The van der Waals surface area contributed by atoms with Crippen molar-refractivity contribution in [3.05, 3.63) is 58.0 Å². The lowest BCUT2D eigenvalue weighted by Gasteiger charge is -2.12. The number of nitrogens with one attached hydrogen (secondary N) is 1. The second-order valence-corrected chi connectivity index (χ2v) is 9.06. The van der Waals surface area contributed by atoms with Gasteiger partial charge in [-0.1, -0.05) is 43.0 Å². The van der Waals surface area contributed by atoms with Crippen LogP contribution in [-0.2, 0) is 9.59 Å². The van der Waals surface area contributed by atoms with Crippen LogP contribution in [0.2, 0.25) is 0 Å². The predicted molar refractivity (Wildman–Crippen MR) is 133 cm³/mol. The number of rotatable bonds is 8. The zero-order valence-corrected chi connectivity index (χ0v) is 20.2. The molecule has 32 heavy (non-hydrogen) atoms. The molecule has 6 nitrogen and oxygen atoms in total. The molecule has 0 radical (unpaired) electrons. The number of amides is 2. The van der Waals surface area contributed by atoms with Crippen molar-refractivity contribution in [2.75, 3.05) is 25.6 Å². The van der Waals surface area contributed by atoms with Crippen molar-refractivity contribution in [3.8, 4) is 11.5 Å². The average Bonchev–Trinajstić information content (AvgIpc) is 3.03. The van der Waals surface area contributed by atoms with Gasteiger partial charge in [-0.2, -0.15) is 0 Å². The molecule has 0 aromatic heterocycles. The molecule has 1 N–H and O–H groups in total. The summed E-state index contributed by atoms with van der Waals surface area (Å²) in [6.07, 6.45) is 2.63. The van der Waals surface area contributed by atoms with Crippen molar-refractivity contribution in [2.24, 2.45) is 0 Å². The fourth-order valence-corrected chi connectivity index (χ4v) is 4.43. The Morgan fingerprint density at radius 3 is 2.62 bits per heavy atom. The van der Waals surface area contributed by atoms with Crippen LogP contribution in [0.4, 0.5) is 5.69 Å². The van der Waals surface area contributed by atoms with E-state index in [1.165, 1.54) is 18.9 Å². The van der Waals surface area contributed by atoms with Gasteiger partial charge in [-0.3, -0.25) is 14.5 Å². The first-order valence-electron chi connectivity index (χ1n) is 10.3. The smallest absolute Gasteiger partial charge is 0.266 e. The van der Waals surface area contributed by atoms with Crippen molar-refractivity contribution in [1.82, 2.24) is 4.90 Å². The monoisotopic (exact) mass is 470 g/mol. The van der Waals surface area contributed by atoms with E-state index in [1.54, 1.807) is 23.1 Å². The van der Waals surface area contributed by atoms with E-state index in [2.05, 4.69) is 5.32 Å². The molecule has 1 saturated heterocycles. The van der Waals surface area contributed by atoms with Gasteiger partial charge in [0.15, 0.2) is 18.1 Å². The molecule has 168 valence electrons. The largest absolute Gasteiger partial charge is 0.493 e. The zero-order chi connectivity index (χ0) is 23.3. The van der Waals surface area contributed by atoms with Crippen molar-refractivity contribution in [2.45, 2.75) is 27.2 Å². The first-order valence-corrected chi connectivity index (χ1v) is 11.5. The maximum Gasteiger partial charge on any atom is 0.266 e. The van der Waals surface area contributed by atoms with Crippen LogP contribution in [0.15, 0.2) is 41.3 Å². The van der Waals surface area contributed by atoms with Crippen LogP contribution < -0.4 is 14.8 Å². The molecule has 0 atom stereocenters. The normalized spacial score (nSPS) is 14.8. The van der Waals surface area contributed by atoms with Crippen LogP contribution in [0.5, 0.6) is 11.5 Å². The summed E-state index contributed by atoms with van der Waals surface area (Å²) >= 11 is 6.60. The summed E-state index contributed by atoms with van der Waals surface area (Å²) in [5, 5.41) is 2.83. The maximum absolute atomic E-state index is 12.5. The molecule has 2 aromatic rings. The fraction of sp³-hybridized carbons (Fsp3) is 0.292. The Hall–Kier alpha value is -2.84. The lowest BCUT2D eigenvalue weighted by molar-refractivity contribution is -0.122. The first kappa shape index (κ1) is 23.8. The van der Waals surface area contributed by atoms with Gasteiger partial charge in [-0.15, -0.1) is 0 Å². The third-order valence-electron chi connectivity index (χ3n) is 4.96. The van der Waals surface area contributed by atoms with Crippen LogP contribution in [0.1, 0.15) is 30.0 Å². The lowest BCUT2D eigenvalue weighted by atomic mass is 10.1. The summed E-state index contributed by atoms with van der Waals surface area (Å²) in [6, 6.07) is 11.0. The van der Waals surface area contributed by atoms with Crippen LogP contribution in [0, 0.1) is 13.8 Å². The molecule has 1 fully saturated rings. The first-order chi connectivity index (χ1) is 15.3. The van der Waals surface area contributed by atoms with Gasteiger partial charge in [0.2, 0.25) is 0 Å². The van der Waals surface area contributed by atoms with E-state index in [9.17, 15) is 9.59 Å². The predicted octanol–water partition coefficient (Wildman–Crippen LogP) is 4.94. The number of hydrogen-bond donors (Lipinski definition) is 1. The molecule has 0 spiro atoms. The van der Waals surface area contributed by atoms with E-state index in [-0.39, 0.29) is 18.4 Å². The summed E-state index contributed by atoms with van der Waals surface area (Å²) in [5.41, 5.74) is 3.78. The van der Waals surface area contributed by atoms with Gasteiger partial charge in [-0.25, -0.2) is 0 Å². The van der Waals surface area contributed by atoms with E-state index in [0.717, 1.165) is 28.8 Å². The number of nitrogens with zero attached hydrogens (tertiary/aromatic N) is 1. The molecule has 1 heterocycles. The van der Waals surface area contributed by atoms with Gasteiger partial charge >= 0.3 is 0 Å². The molecule has 1 aliphatic rings. The van der Waals surface area contributed by atoms with Crippen LogP contribution >= 0.6 is 24.0 Å². The minimum atomic E-state index is -0.265. The van der Waals surface area contributed by atoms with Crippen molar-refractivity contribution in [1.29, 1.82) is 0 Å². The van der Waals surface area contributed by atoms with Crippen LogP contribution in [-0.4, -0.2) is 41.3 Å². The Labute approximate surface area is 198 Å². The molecule has 2 aromatic carbocycles. The lowest BCUT2D eigenvalue weighted by Crippen LogP contribution is -2.28. The number of hydrogen-bond acceptors (Lipinski definition) is 6. The molecule has 2 amide bonds. The highest BCUT2D eigenvalue weighted by Crippen LogP contribution is 2.34. The standard InChI is InChI=1S/C24H26N2O4S2/c1-5-10-26-23(28)21(32-24(26)31)13-17-7-9-19(20(12-17)29-4)30-14-22(27)25-18-8-6-15(2)16(3)11-18/h6-9,11-13H,5,10,14H2,1-4H3,(H,25,27)/b21-13-. The highest BCUT2D eigenvalue weighted by atomic mass is 32.2. The van der Waals surface area contributed by atoms with Gasteiger partial charge in [0, 0.05) is 12.2 Å². The van der Waals surface area contributed by atoms with Gasteiger partial charge < -0.3 is 14.8 Å². The summed E-state index contributed by atoms with van der Waals surface area (Å²) < 4.78 is 11.7. The molecule has 0 saturated carbocycles. The van der Waals surface area contributed by atoms with E-state index in [1.807, 2.05) is 45.0 Å². The maximum atomic E-state index is 12.5. The van der Waals surface area contributed by atoms with Gasteiger partial charge in [0.1, 0.15) is 4.32 Å². The molecule has 0 unspecified atom stereocenters. The zero-order valence-electron chi connectivity index (χ0n) is 18.6. The Kier molecular flexibility index (Phi) is 7.93. The van der Waals surface area contributed by atoms with Crippen molar-refractivity contribution >= 4 is 51.9 Å². The summed E-state index contributed by atoms with van der Waals surface area (Å²) in [7, 11) is 1.53. The highest BCUT2D eigenvalue weighted by molar-refractivity contribution is 8.26. The summed E-state index contributed by atoms with van der Waals surface area (Å²) in [4.78, 5) is 27.0. The van der Waals surface area contributed by atoms with Gasteiger partial charge in [0.25, 0.3) is 11.8 Å². The summed E-state index contributed by atoms with van der Waals surface area (Å²) in [5.74, 6) is 0.573. The molecular formula is C24H26N2O4S2. The molecule has 0 bridgehead atoms. The van der Waals surface area contributed by atoms with E-state index >= 15 is 0 Å². The average molecular weight is 471 g/mol. The molecule has 8 heteroatoms. The Morgan fingerprint density at radius 2 is 1.94 bits per heavy atom. The second kappa shape index (κ2) is 10.7. The highest BCUT2D eigenvalue weighted by Gasteiger charge is 2.31. The number of carbonyl (C=O) groups excluding carboxylic acids is 2. The summed E-state index contributed by atoms with van der Waals surface area (Å²) in [6.45, 7) is 6.48. The van der Waals surface area contributed by atoms with Crippen molar-refractivity contribution < 1.29 is 19.1 Å². The number of thiocarbonyl (C=S) groups is 1. The topological polar surface area (TPSA) is 67.9 Å². The van der Waals surface area contributed by atoms with Crippen molar-refractivity contribution in [3.63, 3.8) is 0 Å². The number of benzene rings is 2. The van der Waals surface area contributed by atoms with E-state index in [0.29, 0.717) is 27.3 Å². The minimum Gasteiger partial charge on any atom is -0.493 e. The number of thioether (sulfide) groups is 1. The fourth-order valence-electron chi connectivity index (χ4n) is 3.12. The SMILES string of the molecule is CCCN1C(=O)/C(=C/c2ccc(OCC(=O)Nc3ccc(C)c(C)c3)c(OC)c2)SC1=S. The van der Waals surface area contributed by atoms with Gasteiger partial charge in [-0.05, 0) is 67.3 Å². The van der Waals surface area contributed by atoms with Crippen LogP contribution in [0.25, 0.3) is 6.08 Å². The molecule has 3 rings (SSSR count). The third-order valence-corrected chi connectivity index (χ3v) is 6.33. The number of aryl methyl sites for hydroxylation is 2. The number of anilines is 1. The number of methoxy groups -OCH3 is 1. The number of ether oxygens (including phenoxy) is 2. The Morgan fingerprint density at radius 1 is 1.16 bits per heavy atom. The molecule has 1 aliphatic heterocycles. The van der Waals surface area contributed by atoms with Crippen LogP contribution in [0.3, 0.4) is 0 Å². The quantitative estimate of drug-likeness (QED) is 0.435. The third kappa shape index (κ3) is 5.69. The van der Waals surface area contributed by atoms with E-state index in [4.69, 9.17) is 21.7 Å². The second-order valence-electron chi connectivity index (χ2n) is 7.38. The molecular weight excluding hydrogens is 444 g/mol. The van der Waals surface area contributed by atoms with Gasteiger partial charge in [0.05, 0.1) is 12.0 Å². The minimum absolute atomic E-state index is 0.0795. The van der Waals surface area contributed by atoms with E-state index < -0.39 is 0 Å². The Bertz CT molecular complexity index is 1080. The Balaban J connectivity index is 1.66. The molecule has 0 aliphatic carbocycles. The number of carbonyl (C=O) groups is 2.